The number of esters is 1. The highest BCUT2D eigenvalue weighted by Crippen LogP contribution is 2.20. The average molecular weight is 301 g/mol. The van der Waals surface area contributed by atoms with Crippen molar-refractivity contribution in [2.75, 3.05) is 0 Å². The standard InChI is InChI=1S/C16H15NO5/c1-11-5-3-7-14(9-11)21-12(2)16(18)22-15-8-4-6-13(10-15)17(19)20/h3-10,12H,1-2H3/t12-/m1/s1. The van der Waals surface area contributed by atoms with Crippen molar-refractivity contribution in [1.29, 1.82) is 0 Å². The Morgan fingerprint density at radius 1 is 1.14 bits per heavy atom. The highest BCUT2D eigenvalue weighted by molar-refractivity contribution is 5.77. The van der Waals surface area contributed by atoms with E-state index in [0.717, 1.165) is 5.56 Å². The molecule has 0 unspecified atom stereocenters. The molecule has 22 heavy (non-hydrogen) atoms. The molecule has 114 valence electrons. The highest BCUT2D eigenvalue weighted by atomic mass is 16.6. The molecular formula is C16H15NO5. The maximum absolute atomic E-state index is 12.0. The molecule has 0 spiro atoms. The number of benzene rings is 2. The lowest BCUT2D eigenvalue weighted by molar-refractivity contribution is -0.384. The monoisotopic (exact) mass is 301 g/mol. The molecule has 0 heterocycles. The largest absolute Gasteiger partial charge is 0.479 e. The number of hydrogen-bond donors (Lipinski definition) is 0. The number of aryl methyl sites for hydroxylation is 1. The Kier molecular flexibility index (Phi) is 4.73. The van der Waals surface area contributed by atoms with Gasteiger partial charge in [0.25, 0.3) is 5.69 Å². The normalized spacial score (nSPS) is 11.5. The molecule has 0 aliphatic heterocycles. The van der Waals surface area contributed by atoms with Gasteiger partial charge in [-0.25, -0.2) is 4.79 Å². The Morgan fingerprint density at radius 2 is 1.82 bits per heavy atom. The van der Waals surface area contributed by atoms with Gasteiger partial charge in [-0.3, -0.25) is 10.1 Å². The lowest BCUT2D eigenvalue weighted by Crippen LogP contribution is -2.28. The topological polar surface area (TPSA) is 78.7 Å². The second kappa shape index (κ2) is 6.71. The van der Waals surface area contributed by atoms with E-state index in [0.29, 0.717) is 5.75 Å². The van der Waals surface area contributed by atoms with Crippen LogP contribution >= 0.6 is 0 Å². The first kappa shape index (κ1) is 15.5. The molecule has 0 saturated carbocycles. The van der Waals surface area contributed by atoms with E-state index in [9.17, 15) is 14.9 Å². The Bertz CT molecular complexity index is 698. The van der Waals surface area contributed by atoms with Gasteiger partial charge in [0.2, 0.25) is 0 Å². The van der Waals surface area contributed by atoms with Crippen LogP contribution in [0.1, 0.15) is 12.5 Å². The Hall–Kier alpha value is -2.89. The Labute approximate surface area is 127 Å². The second-order valence-electron chi connectivity index (χ2n) is 4.75. The lowest BCUT2D eigenvalue weighted by Gasteiger charge is -2.14. The van der Waals surface area contributed by atoms with E-state index in [2.05, 4.69) is 0 Å². The summed E-state index contributed by atoms with van der Waals surface area (Å²) in [6.07, 6.45) is -0.832. The van der Waals surface area contributed by atoms with Crippen LogP contribution in [0.5, 0.6) is 11.5 Å². The third-order valence-electron chi connectivity index (χ3n) is 2.88. The number of nitro benzene ring substituents is 1. The Balaban J connectivity index is 2.02. The fourth-order valence-corrected chi connectivity index (χ4v) is 1.80. The quantitative estimate of drug-likeness (QED) is 0.366. The van der Waals surface area contributed by atoms with Crippen molar-refractivity contribution in [1.82, 2.24) is 0 Å². The van der Waals surface area contributed by atoms with Gasteiger partial charge in [0.05, 0.1) is 11.0 Å². The summed E-state index contributed by atoms with van der Waals surface area (Å²) >= 11 is 0. The van der Waals surface area contributed by atoms with Crippen molar-refractivity contribution in [2.45, 2.75) is 20.0 Å². The van der Waals surface area contributed by atoms with Crippen molar-refractivity contribution in [3.05, 3.63) is 64.2 Å². The number of ether oxygens (including phenoxy) is 2. The van der Waals surface area contributed by atoms with E-state index in [1.54, 1.807) is 19.1 Å². The fraction of sp³-hybridized carbons (Fsp3) is 0.188. The molecule has 1 atom stereocenters. The first-order valence-electron chi connectivity index (χ1n) is 6.65. The Morgan fingerprint density at radius 3 is 2.50 bits per heavy atom. The van der Waals surface area contributed by atoms with Crippen molar-refractivity contribution >= 4 is 11.7 Å². The number of rotatable bonds is 5. The smallest absolute Gasteiger partial charge is 0.352 e. The zero-order chi connectivity index (χ0) is 16.1. The summed E-state index contributed by atoms with van der Waals surface area (Å²) in [4.78, 5) is 22.1. The minimum Gasteiger partial charge on any atom is -0.479 e. The summed E-state index contributed by atoms with van der Waals surface area (Å²) in [6, 6.07) is 12.7. The van der Waals surface area contributed by atoms with E-state index in [1.165, 1.54) is 24.3 Å². The van der Waals surface area contributed by atoms with Gasteiger partial charge in [0.15, 0.2) is 6.10 Å². The summed E-state index contributed by atoms with van der Waals surface area (Å²) in [5.74, 6) is 0.0457. The van der Waals surface area contributed by atoms with Crippen LogP contribution in [0.4, 0.5) is 5.69 Å². The van der Waals surface area contributed by atoms with Crippen molar-refractivity contribution < 1.29 is 19.2 Å². The van der Waals surface area contributed by atoms with Crippen LogP contribution in [-0.2, 0) is 4.79 Å². The molecule has 0 amide bonds. The molecule has 2 rings (SSSR count). The highest BCUT2D eigenvalue weighted by Gasteiger charge is 2.18. The molecule has 2 aromatic carbocycles. The molecule has 0 bridgehead atoms. The number of carbonyl (C=O) groups excluding carboxylic acids is 1. The number of nitrogens with zero attached hydrogens (tertiary/aromatic N) is 1. The molecule has 0 fully saturated rings. The van der Waals surface area contributed by atoms with Crippen LogP contribution in [0.25, 0.3) is 0 Å². The summed E-state index contributed by atoms with van der Waals surface area (Å²) < 4.78 is 10.6. The van der Waals surface area contributed by atoms with Gasteiger partial charge >= 0.3 is 5.97 Å². The molecule has 0 aliphatic carbocycles. The third-order valence-corrected chi connectivity index (χ3v) is 2.88. The summed E-state index contributed by atoms with van der Waals surface area (Å²) in [6.45, 7) is 3.47. The number of carbonyl (C=O) groups is 1. The second-order valence-corrected chi connectivity index (χ2v) is 4.75. The van der Waals surface area contributed by atoms with E-state index in [-0.39, 0.29) is 11.4 Å². The maximum atomic E-state index is 12.0. The SMILES string of the molecule is Cc1cccc(O[C@H](C)C(=O)Oc2cccc([N+](=O)[O-])c2)c1. The molecular weight excluding hydrogens is 286 g/mol. The van der Waals surface area contributed by atoms with E-state index >= 15 is 0 Å². The van der Waals surface area contributed by atoms with Gasteiger partial charge in [-0.15, -0.1) is 0 Å². The van der Waals surface area contributed by atoms with Gasteiger partial charge in [-0.05, 0) is 37.6 Å². The molecule has 0 N–H and O–H groups in total. The predicted octanol–water partition coefficient (Wildman–Crippen LogP) is 3.28. The number of nitro groups is 1. The molecule has 0 aromatic heterocycles. The zero-order valence-electron chi connectivity index (χ0n) is 12.2. The average Bonchev–Trinajstić information content (AvgIpc) is 2.47. The van der Waals surface area contributed by atoms with Crippen LogP contribution in [0.15, 0.2) is 48.5 Å². The van der Waals surface area contributed by atoms with Crippen LogP contribution < -0.4 is 9.47 Å². The molecule has 0 aliphatic rings. The summed E-state index contributed by atoms with van der Waals surface area (Å²) in [5.41, 5.74) is 0.870. The van der Waals surface area contributed by atoms with Crippen LogP contribution in [0.2, 0.25) is 0 Å². The van der Waals surface area contributed by atoms with Crippen molar-refractivity contribution in [3.8, 4) is 11.5 Å². The summed E-state index contributed by atoms with van der Waals surface area (Å²) in [7, 11) is 0. The molecule has 0 saturated heterocycles. The first-order valence-corrected chi connectivity index (χ1v) is 6.65. The van der Waals surface area contributed by atoms with Gasteiger partial charge < -0.3 is 9.47 Å². The number of hydrogen-bond acceptors (Lipinski definition) is 5. The van der Waals surface area contributed by atoms with Gasteiger partial charge in [0, 0.05) is 6.07 Å². The van der Waals surface area contributed by atoms with Gasteiger partial charge in [-0.2, -0.15) is 0 Å². The lowest BCUT2D eigenvalue weighted by atomic mass is 10.2. The fourth-order valence-electron chi connectivity index (χ4n) is 1.80. The van der Waals surface area contributed by atoms with Crippen LogP contribution in [0.3, 0.4) is 0 Å². The predicted molar refractivity (Wildman–Crippen MR) is 80.0 cm³/mol. The molecule has 0 radical (unpaired) electrons. The minimum absolute atomic E-state index is 0.110. The van der Waals surface area contributed by atoms with Gasteiger partial charge in [0.1, 0.15) is 11.5 Å². The first-order chi connectivity index (χ1) is 10.5. The maximum Gasteiger partial charge on any atom is 0.352 e. The van der Waals surface area contributed by atoms with Gasteiger partial charge in [-0.1, -0.05) is 18.2 Å². The molecule has 6 heteroatoms. The number of non-ortho nitro benzene ring substituents is 1. The minimum atomic E-state index is -0.832. The van der Waals surface area contributed by atoms with Crippen LogP contribution in [-0.4, -0.2) is 17.0 Å². The van der Waals surface area contributed by atoms with E-state index in [1.807, 2.05) is 19.1 Å². The summed E-state index contributed by atoms with van der Waals surface area (Å²) in [5, 5.41) is 10.7. The van der Waals surface area contributed by atoms with E-state index in [4.69, 9.17) is 9.47 Å². The molecule has 2 aromatic rings. The van der Waals surface area contributed by atoms with Crippen molar-refractivity contribution in [3.63, 3.8) is 0 Å². The zero-order valence-corrected chi connectivity index (χ0v) is 12.2. The van der Waals surface area contributed by atoms with Crippen LogP contribution in [0, 0.1) is 17.0 Å². The van der Waals surface area contributed by atoms with E-state index < -0.39 is 17.0 Å². The molecule has 6 nitrogen and oxygen atoms in total. The third kappa shape index (κ3) is 4.05. The van der Waals surface area contributed by atoms with Crippen molar-refractivity contribution in [2.24, 2.45) is 0 Å².